The number of likely N-dealkylation sites (tertiary alicyclic amines) is 1. The normalized spacial score (nSPS) is 18.0. The molecule has 0 bridgehead atoms. The van der Waals surface area contributed by atoms with Crippen LogP contribution in [0.5, 0.6) is 0 Å². The molecule has 378 valence electrons. The molecule has 1 heterocycles. The van der Waals surface area contributed by atoms with Crippen molar-refractivity contribution < 1.29 is 72.2 Å². The smallest absolute Gasteiger partial charge is 0.469 e. The number of nitrogens with zero attached hydrogens (tertiary/aromatic N) is 1. The second-order valence-electron chi connectivity index (χ2n) is 16.6. The fourth-order valence-corrected chi connectivity index (χ4v) is 7.92. The highest BCUT2D eigenvalue weighted by Crippen LogP contribution is 2.38. The number of hydrogen-bond donors (Lipinski definition) is 13. The second-order valence-corrected chi connectivity index (χ2v) is 18.8. The molecule has 0 spiro atoms. The van der Waals surface area contributed by atoms with Gasteiger partial charge in [0.05, 0.1) is 25.2 Å². The van der Waals surface area contributed by atoms with Gasteiger partial charge in [-0.2, -0.15) is 11.8 Å². The number of unbranched alkanes of at least 4 members (excludes halogenated alkanes) is 1. The molecule has 0 radical (unpaired) electrons. The van der Waals surface area contributed by atoms with Gasteiger partial charge < -0.3 is 74.0 Å². The number of aliphatic carboxylic acids is 1. The van der Waals surface area contributed by atoms with Crippen LogP contribution in [-0.4, -0.2) is 164 Å². The van der Waals surface area contributed by atoms with E-state index in [9.17, 15) is 67.7 Å². The number of nitrogens with one attached hydrogen (secondary N) is 6. The zero-order valence-electron chi connectivity index (χ0n) is 38.4. The Morgan fingerprint density at radius 1 is 0.803 bits per heavy atom. The minimum atomic E-state index is -5.30. The Morgan fingerprint density at radius 2 is 1.38 bits per heavy atom. The lowest BCUT2D eigenvalue weighted by atomic mass is 9.96. The van der Waals surface area contributed by atoms with E-state index in [1.807, 2.05) is 6.26 Å². The highest BCUT2D eigenvalue weighted by atomic mass is 32.2. The van der Waals surface area contributed by atoms with Gasteiger partial charge in [-0.1, -0.05) is 34.1 Å². The lowest BCUT2D eigenvalue weighted by Crippen LogP contribution is -2.63. The van der Waals surface area contributed by atoms with Gasteiger partial charge in [0, 0.05) is 6.54 Å². The third-order valence-electron chi connectivity index (χ3n) is 10.7. The first kappa shape index (κ1) is 59.6. The topological polar surface area (TPSA) is 414 Å². The zero-order valence-corrected chi connectivity index (χ0v) is 40.1. The van der Waals surface area contributed by atoms with E-state index in [1.54, 1.807) is 27.7 Å². The minimum absolute atomic E-state index is 0.0274. The van der Waals surface area contributed by atoms with Crippen molar-refractivity contribution >= 4 is 72.8 Å². The van der Waals surface area contributed by atoms with E-state index in [-0.39, 0.29) is 44.6 Å². The average Bonchev–Trinajstić information content (AvgIpc) is 3.73. The van der Waals surface area contributed by atoms with Gasteiger partial charge in [-0.05, 0) is 82.3 Å². The van der Waals surface area contributed by atoms with Crippen LogP contribution in [0, 0.1) is 11.8 Å². The quantitative estimate of drug-likeness (QED) is 0.0238. The van der Waals surface area contributed by atoms with Gasteiger partial charge in [-0.25, -0.2) is 9.36 Å². The summed E-state index contributed by atoms with van der Waals surface area (Å²) >= 11 is 1.46. The number of carbonyl (C=O) groups is 9. The molecule has 1 aliphatic heterocycles. The van der Waals surface area contributed by atoms with Crippen LogP contribution in [0.2, 0.25) is 0 Å². The molecule has 1 saturated heterocycles. The van der Waals surface area contributed by atoms with Crippen LogP contribution in [0.3, 0.4) is 0 Å². The number of carboxylic acid groups (broad SMARTS) is 1. The molecule has 0 saturated carbocycles. The first-order valence-corrected chi connectivity index (χ1v) is 24.7. The van der Waals surface area contributed by atoms with Crippen LogP contribution >= 0.6 is 19.6 Å². The third kappa shape index (κ3) is 20.6. The molecule has 0 unspecified atom stereocenters. The van der Waals surface area contributed by atoms with E-state index in [0.29, 0.717) is 31.6 Å². The van der Waals surface area contributed by atoms with Crippen LogP contribution in [0.15, 0.2) is 0 Å². The summed E-state index contributed by atoms with van der Waals surface area (Å²) in [6.07, 6.45) is 1.05. The summed E-state index contributed by atoms with van der Waals surface area (Å²) in [4.78, 5) is 140. The largest absolute Gasteiger partial charge is 0.480 e. The van der Waals surface area contributed by atoms with Gasteiger partial charge in [-0.15, -0.1) is 0 Å². The van der Waals surface area contributed by atoms with Crippen molar-refractivity contribution in [1.82, 2.24) is 36.8 Å². The van der Waals surface area contributed by atoms with Gasteiger partial charge in [0.1, 0.15) is 42.3 Å². The number of phosphoric acid groups is 1. The average molecular weight is 983 g/mol. The van der Waals surface area contributed by atoms with Crippen LogP contribution in [0.4, 0.5) is 0 Å². The number of amides is 8. The van der Waals surface area contributed by atoms with E-state index in [2.05, 4.69) is 31.9 Å². The summed E-state index contributed by atoms with van der Waals surface area (Å²) in [5, 5.41) is 33.9. The number of aliphatic hydroxyl groups is 1. The first-order valence-electron chi connectivity index (χ1n) is 21.7. The number of aliphatic hydroxyl groups excluding tert-OH is 1. The first-order chi connectivity index (χ1) is 30.8. The van der Waals surface area contributed by atoms with E-state index in [0.717, 1.165) is 11.8 Å². The molecule has 25 nitrogen and oxygen atoms in total. The highest BCUT2D eigenvalue weighted by Gasteiger charge is 2.42. The van der Waals surface area contributed by atoms with Crippen molar-refractivity contribution in [1.29, 1.82) is 0 Å². The summed E-state index contributed by atoms with van der Waals surface area (Å²) < 4.78 is 16.7. The molecule has 0 aliphatic carbocycles. The molecule has 27 heteroatoms. The molecule has 0 aromatic rings. The number of thioether (sulfide) groups is 1. The zero-order chi connectivity index (χ0) is 50.5. The molecule has 66 heavy (non-hydrogen) atoms. The Balaban J connectivity index is 3.43. The van der Waals surface area contributed by atoms with E-state index in [1.165, 1.54) is 11.8 Å². The van der Waals surface area contributed by atoms with Crippen molar-refractivity contribution in [2.75, 3.05) is 31.7 Å². The maximum Gasteiger partial charge on any atom is 0.469 e. The molecule has 1 rings (SSSR count). The van der Waals surface area contributed by atoms with Crippen LogP contribution < -0.4 is 49.1 Å². The van der Waals surface area contributed by atoms with Gasteiger partial charge in [0.2, 0.25) is 47.3 Å². The maximum atomic E-state index is 14.1. The number of phosphoric ester groups is 1. The van der Waals surface area contributed by atoms with Crippen molar-refractivity contribution in [3.05, 3.63) is 0 Å². The van der Waals surface area contributed by atoms with Gasteiger partial charge in [0.15, 0.2) is 0 Å². The maximum absolute atomic E-state index is 14.1. The fourth-order valence-electron chi connectivity index (χ4n) is 6.88. The van der Waals surface area contributed by atoms with Crippen LogP contribution in [0.25, 0.3) is 0 Å². The predicted octanol–water partition coefficient (Wildman–Crippen LogP) is -3.36. The number of carbonyl (C=O) groups excluding carboxylic acids is 8. The number of primary amides is 1. The number of rotatable bonds is 31. The van der Waals surface area contributed by atoms with Gasteiger partial charge >= 0.3 is 13.8 Å². The van der Waals surface area contributed by atoms with Crippen molar-refractivity contribution in [3.8, 4) is 0 Å². The standard InChI is InChI=1S/C39H71N10O15PS/c1-7-21(4)30(47-37(57)31(22(5)64-65(61,62)63)48-33(53)25(17-20(2)3)44-32(52)23(41)13-16-66-6)36(56)45-26(18-29(42)51)38(58)49-15-10-12-28(49)35(55)46-27(19-50)34(54)43-24(39(59)60)11-8-9-14-40/h20-28,30-31,50H,7-19,40-41H2,1-6H3,(H2,42,51)(H,43,54)(H,44,52)(H,45,56)(H,46,55)(H,47,57)(H,48,53)(H,59,60)(H2,61,62,63)/t21-,22+,23-,24-,25-,26-,27-,28-,30-,31-/m0/s1. The Bertz CT molecular complexity index is 1730. The Hall–Kier alpha value is -4.43. The van der Waals surface area contributed by atoms with Crippen LogP contribution in [-0.2, 0) is 52.2 Å². The number of carboxylic acids is 1. The molecular weight excluding hydrogens is 912 g/mol. The van der Waals surface area contributed by atoms with Crippen molar-refractivity contribution in [2.24, 2.45) is 29.0 Å². The Labute approximate surface area is 388 Å². The predicted molar refractivity (Wildman–Crippen MR) is 240 cm³/mol. The molecule has 16 N–H and O–H groups in total. The number of nitrogens with two attached hydrogens (primary N) is 3. The molecule has 8 amide bonds. The van der Waals surface area contributed by atoms with Crippen LogP contribution in [0.1, 0.15) is 92.4 Å². The third-order valence-corrected chi connectivity index (χ3v) is 11.9. The Kier molecular flexibility index (Phi) is 26.5. The monoisotopic (exact) mass is 982 g/mol. The summed E-state index contributed by atoms with van der Waals surface area (Å²) in [5.74, 6) is -9.43. The van der Waals surface area contributed by atoms with Crippen molar-refractivity contribution in [3.63, 3.8) is 0 Å². The molecule has 0 aromatic carbocycles. The number of hydrogen-bond acceptors (Lipinski definition) is 15. The highest BCUT2D eigenvalue weighted by molar-refractivity contribution is 7.98. The summed E-state index contributed by atoms with van der Waals surface area (Å²) in [7, 11) is -5.30. The summed E-state index contributed by atoms with van der Waals surface area (Å²) in [6, 6.07) is -11.7. The molecule has 1 fully saturated rings. The van der Waals surface area contributed by atoms with Gasteiger partial charge in [-0.3, -0.25) is 42.9 Å². The molecular formula is C39H71N10O15PS. The van der Waals surface area contributed by atoms with E-state index in [4.69, 9.17) is 21.7 Å². The summed E-state index contributed by atoms with van der Waals surface area (Å²) in [6.45, 7) is 7.09. The second kappa shape index (κ2) is 29.4. The summed E-state index contributed by atoms with van der Waals surface area (Å²) in [5.41, 5.74) is 16.9. The van der Waals surface area contributed by atoms with Crippen molar-refractivity contribution in [2.45, 2.75) is 147 Å². The lowest BCUT2D eigenvalue weighted by Gasteiger charge is -2.32. The fraction of sp³-hybridized carbons (Fsp3) is 0.769. The lowest BCUT2D eigenvalue weighted by molar-refractivity contribution is -0.144. The minimum Gasteiger partial charge on any atom is -0.480 e. The van der Waals surface area contributed by atoms with E-state index < -0.39 is 134 Å². The Morgan fingerprint density at radius 3 is 1.91 bits per heavy atom. The SMILES string of the molecule is CC[C@H](C)[C@H](NC(=O)[C@@H](NC(=O)[C@H](CC(C)C)NC(=O)[C@@H](N)CCSC)[C@@H](C)OP(=O)(O)O)C(=O)N[C@@H](CC(N)=O)C(=O)N1CCC[C@H]1C(=O)N[C@@H](CO)C(=O)N[C@@H](CCCCN)C(=O)O. The van der Waals surface area contributed by atoms with E-state index >= 15 is 0 Å². The molecule has 0 aromatic heterocycles. The molecule has 10 atom stereocenters. The van der Waals surface area contributed by atoms with Gasteiger partial charge in [0.25, 0.3) is 0 Å². The molecule has 1 aliphatic rings.